The third kappa shape index (κ3) is 5.98. The smallest absolute Gasteiger partial charge is 0.252 e. The van der Waals surface area contributed by atoms with Crippen LogP contribution in [0.4, 0.5) is 0 Å². The van der Waals surface area contributed by atoms with Crippen molar-refractivity contribution in [2.75, 3.05) is 13.2 Å². The first-order valence-electron chi connectivity index (χ1n) is 14.3. The lowest BCUT2D eigenvalue weighted by atomic mass is 9.81. The molecule has 0 saturated carbocycles. The van der Waals surface area contributed by atoms with Gasteiger partial charge in [-0.15, -0.1) is 0 Å². The Balaban J connectivity index is 1.37. The van der Waals surface area contributed by atoms with Gasteiger partial charge in [-0.3, -0.25) is 4.79 Å². The van der Waals surface area contributed by atoms with E-state index in [1.165, 1.54) is 11.1 Å². The monoisotopic (exact) mass is 624 g/mol. The molecule has 1 amide bonds. The number of amides is 1. The minimum atomic E-state index is -1.23. The van der Waals surface area contributed by atoms with Crippen molar-refractivity contribution in [1.29, 1.82) is 0 Å². The summed E-state index contributed by atoms with van der Waals surface area (Å²) in [7, 11) is 0. The van der Waals surface area contributed by atoms with E-state index in [1.807, 2.05) is 91.0 Å². The van der Waals surface area contributed by atoms with Crippen LogP contribution in [0.15, 0.2) is 113 Å². The van der Waals surface area contributed by atoms with Gasteiger partial charge < -0.3 is 19.9 Å². The summed E-state index contributed by atoms with van der Waals surface area (Å²) < 4.78 is 13.3. The molecule has 0 unspecified atom stereocenters. The van der Waals surface area contributed by atoms with Crippen LogP contribution in [0, 0.1) is 0 Å². The van der Waals surface area contributed by atoms with E-state index in [1.54, 1.807) is 0 Å². The van der Waals surface area contributed by atoms with Crippen LogP contribution in [0.2, 0.25) is 0 Å². The molecule has 1 aliphatic heterocycles. The highest BCUT2D eigenvalue weighted by molar-refractivity contribution is 9.10. The number of hydrogen-bond donors (Lipinski definition) is 2. The Morgan fingerprint density at radius 1 is 0.929 bits per heavy atom. The number of aliphatic imine (C=N–C) groups is 1. The first kappa shape index (κ1) is 28.2. The molecule has 6 rings (SSSR count). The van der Waals surface area contributed by atoms with Crippen LogP contribution in [0.25, 0.3) is 0 Å². The second-order valence-corrected chi connectivity index (χ2v) is 11.8. The summed E-state index contributed by atoms with van der Waals surface area (Å²) in [5, 5.41) is 12.4. The molecule has 214 valence electrons. The number of nitrogens with zero attached hydrogens (tertiary/aromatic N) is 1. The lowest BCUT2D eigenvalue weighted by Gasteiger charge is -2.32. The van der Waals surface area contributed by atoms with Crippen molar-refractivity contribution in [2.24, 2.45) is 4.99 Å². The fraction of sp³-hybridized carbons (Fsp3) is 0.257. The van der Waals surface area contributed by atoms with Crippen molar-refractivity contribution in [3.05, 3.63) is 135 Å². The molecule has 0 saturated heterocycles. The number of carbonyl (C=O) groups is 1. The summed E-state index contributed by atoms with van der Waals surface area (Å²) >= 11 is 3.53. The lowest BCUT2D eigenvalue weighted by molar-refractivity contribution is -0.129. The highest BCUT2D eigenvalue weighted by atomic mass is 79.9. The van der Waals surface area contributed by atoms with Crippen LogP contribution in [0.5, 0.6) is 5.75 Å². The summed E-state index contributed by atoms with van der Waals surface area (Å²) in [5.41, 5.74) is 3.97. The highest BCUT2D eigenvalue weighted by Crippen LogP contribution is 2.43. The van der Waals surface area contributed by atoms with Gasteiger partial charge in [-0.2, -0.15) is 0 Å². The Morgan fingerprint density at radius 3 is 2.26 bits per heavy atom. The molecule has 2 atom stereocenters. The molecule has 1 heterocycles. The van der Waals surface area contributed by atoms with Gasteiger partial charge in [0.2, 0.25) is 5.90 Å². The minimum Gasteiger partial charge on any atom is -0.494 e. The second kappa shape index (κ2) is 12.5. The minimum absolute atomic E-state index is 0.0114. The Kier molecular flexibility index (Phi) is 8.40. The topological polar surface area (TPSA) is 80.2 Å². The van der Waals surface area contributed by atoms with Crippen LogP contribution in [-0.2, 0) is 28.8 Å². The SMILES string of the molecule is O=C(NC1Cc2ccccc2C1)[C@]1(Cc2ccc(Br)cc2)N=C(c2ccc(OCCCO)cc2)O[C@@H]1c1ccccc1. The van der Waals surface area contributed by atoms with E-state index < -0.39 is 11.6 Å². The zero-order valence-corrected chi connectivity index (χ0v) is 24.8. The first-order valence-corrected chi connectivity index (χ1v) is 15.1. The van der Waals surface area contributed by atoms with Gasteiger partial charge in [0.1, 0.15) is 5.75 Å². The zero-order valence-electron chi connectivity index (χ0n) is 23.2. The number of aliphatic hydroxyl groups is 1. The van der Waals surface area contributed by atoms with Gasteiger partial charge in [-0.05, 0) is 71.5 Å². The molecule has 42 heavy (non-hydrogen) atoms. The first-order chi connectivity index (χ1) is 20.5. The molecule has 0 bridgehead atoms. The molecule has 0 fully saturated rings. The lowest BCUT2D eigenvalue weighted by Crippen LogP contribution is -2.53. The Bertz CT molecular complexity index is 1530. The van der Waals surface area contributed by atoms with Crippen LogP contribution in [0.1, 0.15) is 40.3 Å². The molecule has 7 heteroatoms. The van der Waals surface area contributed by atoms with Crippen molar-refractivity contribution in [3.63, 3.8) is 0 Å². The van der Waals surface area contributed by atoms with Crippen molar-refractivity contribution < 1.29 is 19.4 Å². The average Bonchev–Trinajstić information content (AvgIpc) is 3.61. The molecular formula is C35H33BrN2O4. The molecular weight excluding hydrogens is 592 g/mol. The van der Waals surface area contributed by atoms with E-state index in [2.05, 4.69) is 33.4 Å². The predicted molar refractivity (Wildman–Crippen MR) is 167 cm³/mol. The van der Waals surface area contributed by atoms with E-state index in [0.717, 1.165) is 34.0 Å². The molecule has 1 aliphatic carbocycles. The number of carbonyl (C=O) groups excluding carboxylic acids is 1. The number of fused-ring (bicyclic) bond motifs is 1. The molecule has 0 spiro atoms. The summed E-state index contributed by atoms with van der Waals surface area (Å²) in [6, 6.07) is 33.8. The molecule has 0 radical (unpaired) electrons. The van der Waals surface area contributed by atoms with Crippen LogP contribution in [0.3, 0.4) is 0 Å². The Labute approximate surface area is 254 Å². The number of rotatable bonds is 10. The van der Waals surface area contributed by atoms with Gasteiger partial charge >= 0.3 is 0 Å². The number of ether oxygens (including phenoxy) is 2. The maximum atomic E-state index is 14.6. The maximum Gasteiger partial charge on any atom is 0.252 e. The van der Waals surface area contributed by atoms with E-state index in [0.29, 0.717) is 31.1 Å². The maximum absolute atomic E-state index is 14.6. The summed E-state index contributed by atoms with van der Waals surface area (Å²) in [4.78, 5) is 19.7. The van der Waals surface area contributed by atoms with Crippen LogP contribution in [-0.4, -0.2) is 41.7 Å². The molecule has 6 nitrogen and oxygen atoms in total. The van der Waals surface area contributed by atoms with Crippen molar-refractivity contribution >= 4 is 27.7 Å². The number of nitrogens with one attached hydrogen (secondary N) is 1. The molecule has 2 N–H and O–H groups in total. The third-order valence-corrected chi connectivity index (χ3v) is 8.43. The summed E-state index contributed by atoms with van der Waals surface area (Å²) in [6.07, 6.45) is 1.90. The van der Waals surface area contributed by atoms with Crippen LogP contribution >= 0.6 is 15.9 Å². The van der Waals surface area contributed by atoms with E-state index in [4.69, 9.17) is 19.6 Å². The normalized spacial score (nSPS) is 19.6. The highest BCUT2D eigenvalue weighted by Gasteiger charge is 2.53. The third-order valence-electron chi connectivity index (χ3n) is 7.91. The number of aliphatic hydroxyl groups excluding tert-OH is 1. The average molecular weight is 626 g/mol. The number of benzene rings is 4. The standard InChI is InChI=1S/C35H33BrN2O4/c36-29-15-11-24(12-16-29)23-35(34(40)37-30-21-27-9-4-5-10-28(27)22-30)32(25-7-2-1-3-8-25)42-33(38-35)26-13-17-31(18-14-26)41-20-6-19-39/h1-5,7-18,30,32,39H,6,19-23H2,(H,37,40)/t32-,35-/m1/s1. The van der Waals surface area contributed by atoms with Gasteiger partial charge in [-0.1, -0.05) is 82.7 Å². The number of halogens is 1. The zero-order chi connectivity index (χ0) is 28.9. The van der Waals surface area contributed by atoms with Gasteiger partial charge in [0, 0.05) is 35.5 Å². The van der Waals surface area contributed by atoms with E-state index >= 15 is 0 Å². The molecule has 2 aliphatic rings. The van der Waals surface area contributed by atoms with E-state index in [-0.39, 0.29) is 18.6 Å². The van der Waals surface area contributed by atoms with Crippen LogP contribution < -0.4 is 10.1 Å². The van der Waals surface area contributed by atoms with Crippen molar-refractivity contribution in [2.45, 2.75) is 43.4 Å². The van der Waals surface area contributed by atoms with Crippen molar-refractivity contribution in [3.8, 4) is 5.75 Å². The molecule has 0 aromatic heterocycles. The van der Waals surface area contributed by atoms with Gasteiger partial charge in [-0.25, -0.2) is 4.99 Å². The van der Waals surface area contributed by atoms with Gasteiger partial charge in [0.05, 0.1) is 6.61 Å². The largest absolute Gasteiger partial charge is 0.494 e. The Hall–Kier alpha value is -3.94. The van der Waals surface area contributed by atoms with Crippen molar-refractivity contribution in [1.82, 2.24) is 5.32 Å². The summed E-state index contributed by atoms with van der Waals surface area (Å²) in [6.45, 7) is 0.518. The molecule has 4 aromatic carbocycles. The predicted octanol–water partition coefficient (Wildman–Crippen LogP) is 5.99. The quantitative estimate of drug-likeness (QED) is 0.212. The fourth-order valence-corrected chi connectivity index (χ4v) is 6.06. The second-order valence-electron chi connectivity index (χ2n) is 10.9. The Morgan fingerprint density at radius 2 is 1.60 bits per heavy atom. The van der Waals surface area contributed by atoms with E-state index in [9.17, 15) is 4.79 Å². The van der Waals surface area contributed by atoms with Gasteiger partial charge in [0.25, 0.3) is 5.91 Å². The fourth-order valence-electron chi connectivity index (χ4n) is 5.79. The number of hydrogen-bond acceptors (Lipinski definition) is 5. The molecule has 4 aromatic rings. The van der Waals surface area contributed by atoms with Gasteiger partial charge in [0.15, 0.2) is 11.6 Å². The summed E-state index contributed by atoms with van der Waals surface area (Å²) in [5.74, 6) is 0.980.